The highest BCUT2D eigenvalue weighted by Crippen LogP contribution is 2.36. The van der Waals surface area contributed by atoms with Crippen LogP contribution in [0.15, 0.2) is 18.3 Å². The molecule has 0 saturated carbocycles. The number of hydrogen-bond acceptors (Lipinski definition) is 4. The lowest BCUT2D eigenvalue weighted by atomic mass is 10.1. The molecule has 9 heteroatoms. The van der Waals surface area contributed by atoms with Gasteiger partial charge < -0.3 is 4.90 Å². The molecule has 19 heavy (non-hydrogen) atoms. The number of alkyl halides is 3. The van der Waals surface area contributed by atoms with Crippen molar-refractivity contribution in [3.63, 3.8) is 0 Å². The molecule has 0 radical (unpaired) electrons. The van der Waals surface area contributed by atoms with Crippen LogP contribution in [-0.2, 0) is 16.2 Å². The fourth-order valence-corrected chi connectivity index (χ4v) is 2.65. The summed E-state index contributed by atoms with van der Waals surface area (Å²) in [6.45, 7) is 0.348. The number of nitrogens with one attached hydrogen (secondary N) is 1. The minimum atomic E-state index is -4.47. The maximum atomic E-state index is 12.8. The second-order valence-corrected chi connectivity index (χ2v) is 6.14. The van der Waals surface area contributed by atoms with Gasteiger partial charge in [-0.2, -0.15) is 13.2 Å². The average Bonchev–Trinajstić information content (AvgIpc) is 2.20. The van der Waals surface area contributed by atoms with Crippen molar-refractivity contribution in [1.29, 1.82) is 0 Å². The number of nitrogens with zero attached hydrogens (tertiary/aromatic N) is 2. The van der Waals surface area contributed by atoms with Crippen molar-refractivity contribution in [2.45, 2.75) is 12.2 Å². The average molecular weight is 295 g/mol. The molecule has 0 amide bonds. The van der Waals surface area contributed by atoms with Gasteiger partial charge in [0.15, 0.2) is 0 Å². The molecule has 1 aromatic rings. The van der Waals surface area contributed by atoms with E-state index in [1.165, 1.54) is 17.2 Å². The number of pyridine rings is 1. The van der Waals surface area contributed by atoms with E-state index in [1.54, 1.807) is 0 Å². The van der Waals surface area contributed by atoms with E-state index in [-0.39, 0.29) is 24.9 Å². The summed E-state index contributed by atoms with van der Waals surface area (Å²) in [5.41, 5.74) is -0.812. The SMILES string of the molecule is CS(=O)(=O)NC1CN(c2ncccc2C(F)(F)F)C1. The first kappa shape index (κ1) is 14.1. The molecule has 0 atom stereocenters. The number of sulfonamides is 1. The van der Waals surface area contributed by atoms with Gasteiger partial charge in [0.05, 0.1) is 17.9 Å². The first-order valence-corrected chi connectivity index (χ1v) is 7.30. The highest BCUT2D eigenvalue weighted by atomic mass is 32.2. The Kier molecular flexibility index (Phi) is 3.43. The zero-order chi connectivity index (χ0) is 14.3. The molecule has 0 spiro atoms. The molecule has 0 aliphatic carbocycles. The fraction of sp³-hybridized carbons (Fsp3) is 0.500. The summed E-state index contributed by atoms with van der Waals surface area (Å²) in [5, 5.41) is 0. The second kappa shape index (κ2) is 4.64. The molecule has 106 valence electrons. The first-order valence-electron chi connectivity index (χ1n) is 5.41. The van der Waals surface area contributed by atoms with Crippen molar-refractivity contribution in [1.82, 2.24) is 9.71 Å². The van der Waals surface area contributed by atoms with Crippen LogP contribution < -0.4 is 9.62 Å². The summed E-state index contributed by atoms with van der Waals surface area (Å²) in [4.78, 5) is 5.12. The van der Waals surface area contributed by atoms with Gasteiger partial charge in [-0.3, -0.25) is 0 Å². The van der Waals surface area contributed by atoms with E-state index in [2.05, 4.69) is 9.71 Å². The Morgan fingerprint density at radius 1 is 1.42 bits per heavy atom. The van der Waals surface area contributed by atoms with Crippen LogP contribution in [0.2, 0.25) is 0 Å². The highest BCUT2D eigenvalue weighted by molar-refractivity contribution is 7.88. The van der Waals surface area contributed by atoms with Gasteiger partial charge in [-0.05, 0) is 12.1 Å². The normalized spacial score (nSPS) is 17.4. The maximum absolute atomic E-state index is 12.8. The number of anilines is 1. The summed E-state index contributed by atoms with van der Waals surface area (Å²) >= 11 is 0. The molecule has 1 aliphatic heterocycles. The predicted octanol–water partition coefficient (Wildman–Crippen LogP) is 0.838. The number of hydrogen-bond donors (Lipinski definition) is 1. The van der Waals surface area contributed by atoms with Crippen molar-refractivity contribution in [3.05, 3.63) is 23.9 Å². The zero-order valence-corrected chi connectivity index (χ0v) is 10.8. The van der Waals surface area contributed by atoms with Gasteiger partial charge in [0.2, 0.25) is 10.0 Å². The van der Waals surface area contributed by atoms with Crippen LogP contribution in [0.1, 0.15) is 5.56 Å². The van der Waals surface area contributed by atoms with Gasteiger partial charge in [-0.15, -0.1) is 0 Å². The van der Waals surface area contributed by atoms with Crippen molar-refractivity contribution in [2.24, 2.45) is 0 Å². The zero-order valence-electron chi connectivity index (χ0n) is 9.98. The molecular formula is C10H12F3N3O2S. The third-order valence-electron chi connectivity index (χ3n) is 2.65. The van der Waals surface area contributed by atoms with Crippen molar-refractivity contribution < 1.29 is 21.6 Å². The van der Waals surface area contributed by atoms with Crippen LogP contribution in [0.5, 0.6) is 0 Å². The molecule has 0 bridgehead atoms. The fourth-order valence-electron chi connectivity index (χ4n) is 1.90. The largest absolute Gasteiger partial charge is 0.419 e. The molecule has 1 N–H and O–H groups in total. The number of halogens is 3. The molecule has 2 heterocycles. The first-order chi connectivity index (χ1) is 8.67. The van der Waals surface area contributed by atoms with Gasteiger partial charge in [0.1, 0.15) is 5.82 Å². The van der Waals surface area contributed by atoms with Gasteiger partial charge in [-0.1, -0.05) is 0 Å². The summed E-state index contributed by atoms with van der Waals surface area (Å²) in [7, 11) is -3.35. The van der Waals surface area contributed by atoms with Crippen LogP contribution >= 0.6 is 0 Å². The minimum Gasteiger partial charge on any atom is -0.353 e. The molecule has 0 unspecified atom stereocenters. The monoisotopic (exact) mass is 295 g/mol. The molecule has 5 nitrogen and oxygen atoms in total. The van der Waals surface area contributed by atoms with Gasteiger partial charge >= 0.3 is 6.18 Å². The van der Waals surface area contributed by atoms with Gasteiger partial charge in [-0.25, -0.2) is 18.1 Å². The predicted molar refractivity (Wildman–Crippen MR) is 63.2 cm³/mol. The Balaban J connectivity index is 2.10. The van der Waals surface area contributed by atoms with Crippen molar-refractivity contribution in [2.75, 3.05) is 24.2 Å². The Hall–Kier alpha value is -1.35. The number of aromatic nitrogens is 1. The maximum Gasteiger partial charge on any atom is 0.419 e. The lowest BCUT2D eigenvalue weighted by molar-refractivity contribution is -0.137. The van der Waals surface area contributed by atoms with Crippen LogP contribution in [-0.4, -0.2) is 38.8 Å². The van der Waals surface area contributed by atoms with Gasteiger partial charge in [0.25, 0.3) is 0 Å². The van der Waals surface area contributed by atoms with Gasteiger partial charge in [0, 0.05) is 19.3 Å². The van der Waals surface area contributed by atoms with E-state index in [4.69, 9.17) is 0 Å². The van der Waals surface area contributed by atoms with E-state index in [0.29, 0.717) is 0 Å². The summed E-state index contributed by atoms with van der Waals surface area (Å²) in [6, 6.07) is 1.80. The molecule has 1 aliphatic rings. The standard InChI is InChI=1S/C10H12F3N3O2S/c1-19(17,18)15-7-5-16(6-7)9-8(10(11,12)13)3-2-4-14-9/h2-4,7,15H,5-6H2,1H3. The number of rotatable bonds is 3. The lowest BCUT2D eigenvalue weighted by Gasteiger charge is -2.40. The minimum absolute atomic E-state index is 0.165. The van der Waals surface area contributed by atoms with E-state index in [0.717, 1.165) is 12.3 Å². The Morgan fingerprint density at radius 2 is 2.05 bits per heavy atom. The third-order valence-corrected chi connectivity index (χ3v) is 3.42. The van der Waals surface area contributed by atoms with E-state index >= 15 is 0 Å². The lowest BCUT2D eigenvalue weighted by Crippen LogP contribution is -2.59. The summed E-state index contributed by atoms with van der Waals surface area (Å²) < 4.78 is 62.6. The Morgan fingerprint density at radius 3 is 2.58 bits per heavy atom. The smallest absolute Gasteiger partial charge is 0.353 e. The van der Waals surface area contributed by atoms with E-state index in [9.17, 15) is 21.6 Å². The highest BCUT2D eigenvalue weighted by Gasteiger charge is 2.39. The third kappa shape index (κ3) is 3.35. The second-order valence-electron chi connectivity index (χ2n) is 4.36. The molecule has 1 fully saturated rings. The molecule has 1 saturated heterocycles. The molecular weight excluding hydrogens is 283 g/mol. The van der Waals surface area contributed by atoms with Crippen LogP contribution in [0.25, 0.3) is 0 Å². The van der Waals surface area contributed by atoms with Crippen molar-refractivity contribution in [3.8, 4) is 0 Å². The summed E-state index contributed by atoms with van der Waals surface area (Å²) in [5.74, 6) is -0.165. The quantitative estimate of drug-likeness (QED) is 0.897. The molecule has 1 aromatic heterocycles. The Labute approximate surface area is 108 Å². The van der Waals surface area contributed by atoms with Crippen LogP contribution in [0.4, 0.5) is 19.0 Å². The topological polar surface area (TPSA) is 62.3 Å². The molecule has 2 rings (SSSR count). The van der Waals surface area contributed by atoms with Crippen LogP contribution in [0, 0.1) is 0 Å². The molecule has 0 aromatic carbocycles. The van der Waals surface area contributed by atoms with Crippen LogP contribution in [0.3, 0.4) is 0 Å². The summed E-state index contributed by atoms with van der Waals surface area (Å²) in [6.07, 6.45) is -2.18. The van der Waals surface area contributed by atoms with E-state index in [1.807, 2.05) is 0 Å². The van der Waals surface area contributed by atoms with Crippen molar-refractivity contribution >= 4 is 15.8 Å². The Bertz CT molecular complexity index is 568. The van der Waals surface area contributed by atoms with E-state index < -0.39 is 21.8 Å².